The molecule has 4 heteroatoms. The Morgan fingerprint density at radius 2 is 1.71 bits per heavy atom. The predicted molar refractivity (Wildman–Crippen MR) is 129 cm³/mol. The van der Waals surface area contributed by atoms with Gasteiger partial charge in [-0.1, -0.05) is 58.9 Å². The zero-order chi connectivity index (χ0) is 22.8. The Kier molecular flexibility index (Phi) is 6.88. The van der Waals surface area contributed by atoms with Crippen molar-refractivity contribution in [3.8, 4) is 0 Å². The molecule has 166 valence electrons. The fourth-order valence-electron chi connectivity index (χ4n) is 4.11. The number of anilines is 2. The lowest BCUT2D eigenvalue weighted by Gasteiger charge is -2.34. The van der Waals surface area contributed by atoms with Gasteiger partial charge in [-0.25, -0.2) is 0 Å². The van der Waals surface area contributed by atoms with Crippen molar-refractivity contribution < 1.29 is 9.59 Å². The Labute approximate surface area is 187 Å². The Morgan fingerprint density at radius 1 is 1.03 bits per heavy atom. The summed E-state index contributed by atoms with van der Waals surface area (Å²) in [6.45, 7) is 13.0. The monoisotopic (exact) mass is 420 g/mol. The average Bonchev–Trinajstić information content (AvgIpc) is 2.71. The molecule has 1 aliphatic heterocycles. The summed E-state index contributed by atoms with van der Waals surface area (Å²) in [5.74, 6) is 0.503. The van der Waals surface area contributed by atoms with Gasteiger partial charge in [0.2, 0.25) is 11.8 Å². The van der Waals surface area contributed by atoms with Crippen molar-refractivity contribution in [3.63, 3.8) is 0 Å². The summed E-state index contributed by atoms with van der Waals surface area (Å²) in [6, 6.07) is 14.3. The smallest absolute Gasteiger partial charge is 0.232 e. The molecule has 2 amide bonds. The summed E-state index contributed by atoms with van der Waals surface area (Å²) in [5.41, 5.74) is 4.78. The summed E-state index contributed by atoms with van der Waals surface area (Å²) in [5, 5.41) is 3.07. The van der Waals surface area contributed by atoms with Crippen LogP contribution in [0.15, 0.2) is 42.5 Å². The first-order valence-corrected chi connectivity index (χ1v) is 11.4. The molecule has 1 atom stereocenters. The van der Waals surface area contributed by atoms with Gasteiger partial charge in [0.05, 0.1) is 5.92 Å². The van der Waals surface area contributed by atoms with Crippen LogP contribution in [0, 0.1) is 11.3 Å². The third-order valence-corrected chi connectivity index (χ3v) is 5.87. The number of fused-ring (bicyclic) bond motifs is 1. The van der Waals surface area contributed by atoms with E-state index in [4.69, 9.17) is 0 Å². The van der Waals surface area contributed by atoms with Crippen molar-refractivity contribution in [2.24, 2.45) is 11.3 Å². The highest BCUT2D eigenvalue weighted by Crippen LogP contribution is 2.33. The van der Waals surface area contributed by atoms with E-state index in [9.17, 15) is 9.59 Å². The number of amides is 2. The lowest BCUT2D eigenvalue weighted by molar-refractivity contribution is -0.125. The molecule has 1 unspecified atom stereocenters. The molecule has 0 aliphatic carbocycles. The molecule has 31 heavy (non-hydrogen) atoms. The first kappa shape index (κ1) is 23.1. The Bertz CT molecular complexity index is 939. The minimum atomic E-state index is -0.415. The van der Waals surface area contributed by atoms with Crippen LogP contribution in [0.3, 0.4) is 0 Å². The highest BCUT2D eigenvalue weighted by Gasteiger charge is 2.31. The molecule has 3 rings (SSSR count). The van der Waals surface area contributed by atoms with Gasteiger partial charge in [0.15, 0.2) is 0 Å². The molecule has 0 aromatic heterocycles. The highest BCUT2D eigenvalue weighted by molar-refractivity contribution is 5.99. The van der Waals surface area contributed by atoms with Crippen LogP contribution in [0.2, 0.25) is 0 Å². The minimum Gasteiger partial charge on any atom is -0.326 e. The molecule has 1 heterocycles. The van der Waals surface area contributed by atoms with Crippen molar-refractivity contribution in [1.29, 1.82) is 0 Å². The Morgan fingerprint density at radius 3 is 2.32 bits per heavy atom. The van der Waals surface area contributed by atoms with E-state index in [0.717, 1.165) is 48.3 Å². The summed E-state index contributed by atoms with van der Waals surface area (Å²) in [4.78, 5) is 27.6. The zero-order valence-corrected chi connectivity index (χ0v) is 19.8. The minimum absolute atomic E-state index is 0.0185. The summed E-state index contributed by atoms with van der Waals surface area (Å²) < 4.78 is 0. The lowest BCUT2D eigenvalue weighted by atomic mass is 9.92. The van der Waals surface area contributed by atoms with Gasteiger partial charge in [0.1, 0.15) is 0 Å². The summed E-state index contributed by atoms with van der Waals surface area (Å²) >= 11 is 0. The summed E-state index contributed by atoms with van der Waals surface area (Å²) in [7, 11) is 0. The highest BCUT2D eigenvalue weighted by atomic mass is 16.2. The zero-order valence-electron chi connectivity index (χ0n) is 19.8. The van der Waals surface area contributed by atoms with Crippen LogP contribution in [0.4, 0.5) is 11.4 Å². The number of carbonyl (C=O) groups is 2. The first-order chi connectivity index (χ1) is 14.6. The third kappa shape index (κ3) is 5.55. The fraction of sp³-hybridized carbons (Fsp3) is 0.481. The van der Waals surface area contributed by atoms with Gasteiger partial charge in [0.25, 0.3) is 0 Å². The molecule has 2 aromatic rings. The van der Waals surface area contributed by atoms with Crippen LogP contribution in [0.1, 0.15) is 70.6 Å². The maximum Gasteiger partial charge on any atom is 0.232 e. The van der Waals surface area contributed by atoms with Gasteiger partial charge < -0.3 is 10.2 Å². The average molecular weight is 421 g/mol. The van der Waals surface area contributed by atoms with Crippen molar-refractivity contribution in [1.82, 2.24) is 0 Å². The number of nitrogens with one attached hydrogen (secondary N) is 1. The van der Waals surface area contributed by atoms with Crippen LogP contribution in [-0.2, 0) is 22.4 Å². The maximum absolute atomic E-state index is 12.9. The van der Waals surface area contributed by atoms with Gasteiger partial charge in [-0.2, -0.15) is 0 Å². The fourth-order valence-corrected chi connectivity index (χ4v) is 4.11. The predicted octanol–water partition coefficient (Wildman–Crippen LogP) is 5.95. The van der Waals surface area contributed by atoms with Crippen molar-refractivity contribution in [2.75, 3.05) is 16.8 Å². The van der Waals surface area contributed by atoms with E-state index in [1.807, 2.05) is 50.8 Å². The van der Waals surface area contributed by atoms with E-state index in [0.29, 0.717) is 5.92 Å². The molecule has 0 radical (unpaired) electrons. The maximum atomic E-state index is 12.9. The number of rotatable bonds is 5. The number of carbonyl (C=O) groups excluding carboxylic acids is 2. The molecule has 0 fully saturated rings. The van der Waals surface area contributed by atoms with Gasteiger partial charge in [-0.15, -0.1) is 0 Å². The SMILES string of the molecule is CC(C)Cc1ccc(C(C)C(=O)Nc2ccc3c(c2)CCCN3C(=O)C(C)(C)C)cc1. The van der Waals surface area contributed by atoms with Gasteiger partial charge in [-0.3, -0.25) is 9.59 Å². The molecule has 0 bridgehead atoms. The molecule has 0 saturated carbocycles. The molecule has 2 aromatic carbocycles. The normalized spacial score (nSPS) is 14.9. The molecule has 0 saturated heterocycles. The second-order valence-electron chi connectivity index (χ2n) is 10.2. The van der Waals surface area contributed by atoms with E-state index in [2.05, 4.69) is 43.4 Å². The molecular weight excluding hydrogens is 384 g/mol. The van der Waals surface area contributed by atoms with E-state index in [1.54, 1.807) is 0 Å². The molecule has 1 N–H and O–H groups in total. The van der Waals surface area contributed by atoms with Crippen molar-refractivity contribution in [3.05, 3.63) is 59.2 Å². The molecule has 4 nitrogen and oxygen atoms in total. The lowest BCUT2D eigenvalue weighted by Crippen LogP contribution is -2.42. The second kappa shape index (κ2) is 9.25. The van der Waals surface area contributed by atoms with Crippen molar-refractivity contribution in [2.45, 2.75) is 66.7 Å². The van der Waals surface area contributed by atoms with E-state index >= 15 is 0 Å². The topological polar surface area (TPSA) is 49.4 Å². The van der Waals surface area contributed by atoms with Crippen LogP contribution >= 0.6 is 0 Å². The summed E-state index contributed by atoms with van der Waals surface area (Å²) in [6.07, 6.45) is 2.90. The van der Waals surface area contributed by atoms with E-state index < -0.39 is 5.41 Å². The number of aryl methyl sites for hydroxylation is 1. The van der Waals surface area contributed by atoms with Crippen molar-refractivity contribution >= 4 is 23.2 Å². The molecule has 0 spiro atoms. The first-order valence-electron chi connectivity index (χ1n) is 11.4. The molecule has 1 aliphatic rings. The number of hydrogen-bond acceptors (Lipinski definition) is 2. The standard InChI is InChI=1S/C27H36N2O2/c1-18(2)16-20-9-11-21(12-10-20)19(3)25(30)28-23-13-14-24-22(17-23)8-7-15-29(24)26(31)27(4,5)6/h9-14,17-19H,7-8,15-16H2,1-6H3,(H,28,30). The Balaban J connectivity index is 1.71. The molecular formula is C27H36N2O2. The van der Waals surface area contributed by atoms with Crippen LogP contribution in [-0.4, -0.2) is 18.4 Å². The van der Waals surface area contributed by atoms with Crippen LogP contribution in [0.25, 0.3) is 0 Å². The van der Waals surface area contributed by atoms with E-state index in [1.165, 1.54) is 5.56 Å². The van der Waals surface area contributed by atoms with Crippen LogP contribution < -0.4 is 10.2 Å². The van der Waals surface area contributed by atoms with Crippen LogP contribution in [0.5, 0.6) is 0 Å². The third-order valence-electron chi connectivity index (χ3n) is 5.87. The number of benzene rings is 2. The van der Waals surface area contributed by atoms with E-state index in [-0.39, 0.29) is 17.7 Å². The van der Waals surface area contributed by atoms with Gasteiger partial charge in [0, 0.05) is 23.3 Å². The quantitative estimate of drug-likeness (QED) is 0.649. The largest absolute Gasteiger partial charge is 0.326 e. The Hall–Kier alpha value is -2.62. The van der Waals surface area contributed by atoms with Gasteiger partial charge in [-0.05, 0) is 67.0 Å². The number of nitrogens with zero attached hydrogens (tertiary/aromatic N) is 1. The second-order valence-corrected chi connectivity index (χ2v) is 10.2. The van der Waals surface area contributed by atoms with Gasteiger partial charge >= 0.3 is 0 Å². The number of hydrogen-bond donors (Lipinski definition) is 1.